The van der Waals surface area contributed by atoms with E-state index in [2.05, 4.69) is 20.2 Å². The molecule has 0 aromatic carbocycles. The first-order valence-electron chi connectivity index (χ1n) is 9.88. The van der Waals surface area contributed by atoms with Gasteiger partial charge in [0.2, 0.25) is 5.89 Å². The van der Waals surface area contributed by atoms with Gasteiger partial charge in [0.1, 0.15) is 16.9 Å². The van der Waals surface area contributed by atoms with Gasteiger partial charge in [0.25, 0.3) is 5.56 Å². The number of nitrogens with one attached hydrogen (secondary N) is 1. The van der Waals surface area contributed by atoms with E-state index in [1.54, 1.807) is 20.0 Å². The van der Waals surface area contributed by atoms with E-state index >= 15 is 0 Å². The van der Waals surface area contributed by atoms with E-state index in [1.165, 1.54) is 0 Å². The molecule has 3 heterocycles. The van der Waals surface area contributed by atoms with Crippen LogP contribution in [0.3, 0.4) is 0 Å². The van der Waals surface area contributed by atoms with Crippen LogP contribution >= 0.6 is 0 Å². The average Bonchev–Trinajstić information content (AvgIpc) is 3.21. The number of hydrogen-bond acceptors (Lipinski definition) is 6. The van der Waals surface area contributed by atoms with Gasteiger partial charge in [-0.2, -0.15) is 10.1 Å². The molecule has 3 aromatic heterocycles. The zero-order valence-corrected chi connectivity index (χ0v) is 16.0. The van der Waals surface area contributed by atoms with Gasteiger partial charge < -0.3 is 9.51 Å². The molecule has 0 unspecified atom stereocenters. The molecule has 2 aliphatic carbocycles. The maximum Gasteiger partial charge on any atom is 0.262 e. The Kier molecular flexibility index (Phi) is 3.89. The molecule has 0 bridgehead atoms. The van der Waals surface area contributed by atoms with Crippen LogP contribution in [0.2, 0.25) is 0 Å². The van der Waals surface area contributed by atoms with Crippen LogP contribution in [-0.4, -0.2) is 35.6 Å². The predicted octanol–water partition coefficient (Wildman–Crippen LogP) is 3.32. The van der Waals surface area contributed by atoms with E-state index in [0.29, 0.717) is 54.3 Å². The summed E-state index contributed by atoms with van der Waals surface area (Å²) in [4.78, 5) is 24.7. The highest BCUT2D eigenvalue weighted by atomic mass is 19.1. The Morgan fingerprint density at radius 2 is 1.96 bits per heavy atom. The third-order valence-corrected chi connectivity index (χ3v) is 6.31. The van der Waals surface area contributed by atoms with E-state index in [-0.39, 0.29) is 23.4 Å². The second kappa shape index (κ2) is 6.22. The Labute approximate surface area is 160 Å². The van der Waals surface area contributed by atoms with E-state index < -0.39 is 5.67 Å². The van der Waals surface area contributed by atoms with Crippen molar-refractivity contribution >= 4 is 11.0 Å². The zero-order chi connectivity index (χ0) is 19.5. The Morgan fingerprint density at radius 3 is 2.61 bits per heavy atom. The summed E-state index contributed by atoms with van der Waals surface area (Å²) in [6.45, 7) is 3.44. The molecule has 1 N–H and O–H groups in total. The molecule has 8 nitrogen and oxygen atoms in total. The van der Waals surface area contributed by atoms with E-state index in [1.807, 2.05) is 4.68 Å². The maximum absolute atomic E-state index is 14.2. The number of aryl methyl sites for hydroxylation is 1. The highest BCUT2D eigenvalue weighted by molar-refractivity contribution is 5.73. The van der Waals surface area contributed by atoms with Crippen molar-refractivity contribution in [2.24, 2.45) is 0 Å². The van der Waals surface area contributed by atoms with E-state index in [0.717, 1.165) is 12.8 Å². The predicted molar refractivity (Wildman–Crippen MR) is 98.9 cm³/mol. The lowest BCUT2D eigenvalue weighted by Crippen LogP contribution is -2.29. The fourth-order valence-corrected chi connectivity index (χ4v) is 4.43. The Hall–Kier alpha value is -2.58. The molecule has 2 saturated carbocycles. The summed E-state index contributed by atoms with van der Waals surface area (Å²) < 4.78 is 21.3. The van der Waals surface area contributed by atoms with Crippen molar-refractivity contribution in [2.45, 2.75) is 75.9 Å². The van der Waals surface area contributed by atoms with Crippen molar-refractivity contribution < 1.29 is 8.91 Å². The van der Waals surface area contributed by atoms with Gasteiger partial charge in [-0.25, -0.2) is 14.1 Å². The molecule has 2 fully saturated rings. The van der Waals surface area contributed by atoms with Crippen molar-refractivity contribution in [3.05, 3.63) is 34.1 Å². The minimum atomic E-state index is -1.11. The lowest BCUT2D eigenvalue weighted by atomic mass is 9.73. The maximum atomic E-state index is 14.2. The highest BCUT2D eigenvalue weighted by Crippen LogP contribution is 2.47. The molecule has 0 aliphatic heterocycles. The fraction of sp³-hybridized carbons (Fsp3) is 0.632. The van der Waals surface area contributed by atoms with Gasteiger partial charge in [-0.15, -0.1) is 0 Å². The molecule has 0 radical (unpaired) electrons. The SMILES string of the molecule is Cc1noc([C@H]2CC[C@H]2c2nc3c(cnn3C3CCC(C)(F)CC3)c(=O)[nH]2)n1. The van der Waals surface area contributed by atoms with Crippen LogP contribution < -0.4 is 5.56 Å². The standard InChI is InChI=1S/C19H23FN6O2/c1-10-22-18(28-25-10)13-4-3-12(13)15-23-16-14(17(27)24-15)9-21-26(16)11-5-7-19(2,20)8-6-11/h9,11-13H,3-8H2,1-2H3,(H,23,24,27)/t11?,12-,13+,19?/m1/s1. The van der Waals surface area contributed by atoms with Crippen LogP contribution in [-0.2, 0) is 0 Å². The second-order valence-corrected chi connectivity index (χ2v) is 8.39. The third kappa shape index (κ3) is 2.84. The normalized spacial score (nSPS) is 30.5. The van der Waals surface area contributed by atoms with Gasteiger partial charge in [-0.1, -0.05) is 5.16 Å². The molecule has 0 amide bonds. The van der Waals surface area contributed by atoms with Crippen LogP contribution in [0.15, 0.2) is 15.5 Å². The number of fused-ring (bicyclic) bond motifs is 1. The van der Waals surface area contributed by atoms with Crippen molar-refractivity contribution in [1.82, 2.24) is 29.9 Å². The summed E-state index contributed by atoms with van der Waals surface area (Å²) >= 11 is 0. The molecule has 148 valence electrons. The van der Waals surface area contributed by atoms with E-state index in [9.17, 15) is 9.18 Å². The molecule has 3 aromatic rings. The molecule has 9 heteroatoms. The first kappa shape index (κ1) is 17.5. The van der Waals surface area contributed by atoms with Gasteiger partial charge >= 0.3 is 0 Å². The van der Waals surface area contributed by atoms with Gasteiger partial charge in [0.05, 0.1) is 12.2 Å². The Balaban J connectivity index is 1.49. The minimum Gasteiger partial charge on any atom is -0.339 e. The summed E-state index contributed by atoms with van der Waals surface area (Å²) in [6.07, 6.45) is 5.77. The fourth-order valence-electron chi connectivity index (χ4n) is 4.43. The second-order valence-electron chi connectivity index (χ2n) is 8.39. The molecule has 0 saturated heterocycles. The lowest BCUT2D eigenvalue weighted by Gasteiger charge is -2.33. The number of rotatable bonds is 3. The molecule has 5 rings (SSSR count). The Bertz CT molecular complexity index is 1070. The summed E-state index contributed by atoms with van der Waals surface area (Å²) in [7, 11) is 0. The summed E-state index contributed by atoms with van der Waals surface area (Å²) in [5.41, 5.74) is -0.722. The van der Waals surface area contributed by atoms with Crippen LogP contribution in [0.5, 0.6) is 0 Å². The first-order valence-corrected chi connectivity index (χ1v) is 9.88. The van der Waals surface area contributed by atoms with Gasteiger partial charge in [0.15, 0.2) is 11.5 Å². The lowest BCUT2D eigenvalue weighted by molar-refractivity contribution is 0.103. The van der Waals surface area contributed by atoms with Crippen molar-refractivity contribution in [3.63, 3.8) is 0 Å². The largest absolute Gasteiger partial charge is 0.339 e. The van der Waals surface area contributed by atoms with Gasteiger partial charge in [-0.05, 0) is 52.4 Å². The molecule has 2 atom stereocenters. The van der Waals surface area contributed by atoms with Crippen LogP contribution in [0.1, 0.15) is 80.9 Å². The molecular formula is C19H23FN6O2. The number of aromatic nitrogens is 6. The number of halogens is 1. The van der Waals surface area contributed by atoms with Crippen LogP contribution in [0.4, 0.5) is 4.39 Å². The third-order valence-electron chi connectivity index (χ3n) is 6.31. The molecule has 0 spiro atoms. The number of alkyl halides is 1. The van der Waals surface area contributed by atoms with Crippen LogP contribution in [0.25, 0.3) is 11.0 Å². The molecular weight excluding hydrogens is 363 g/mol. The monoisotopic (exact) mass is 386 g/mol. The minimum absolute atomic E-state index is 0.0424. The number of H-pyrrole nitrogens is 1. The number of aromatic amines is 1. The van der Waals surface area contributed by atoms with Gasteiger partial charge in [-0.3, -0.25) is 4.79 Å². The van der Waals surface area contributed by atoms with E-state index in [4.69, 9.17) is 9.51 Å². The van der Waals surface area contributed by atoms with Crippen molar-refractivity contribution in [3.8, 4) is 0 Å². The number of nitrogens with zero attached hydrogens (tertiary/aromatic N) is 5. The Morgan fingerprint density at radius 1 is 1.21 bits per heavy atom. The van der Waals surface area contributed by atoms with Gasteiger partial charge in [0, 0.05) is 11.8 Å². The highest BCUT2D eigenvalue weighted by Gasteiger charge is 2.39. The smallest absolute Gasteiger partial charge is 0.262 e. The topological polar surface area (TPSA) is 102 Å². The summed E-state index contributed by atoms with van der Waals surface area (Å²) in [5, 5.41) is 8.77. The first-order chi connectivity index (χ1) is 13.4. The summed E-state index contributed by atoms with van der Waals surface area (Å²) in [5.74, 6) is 1.95. The zero-order valence-electron chi connectivity index (χ0n) is 16.0. The summed E-state index contributed by atoms with van der Waals surface area (Å²) in [6, 6.07) is 0.0688. The van der Waals surface area contributed by atoms with Crippen molar-refractivity contribution in [2.75, 3.05) is 0 Å². The average molecular weight is 386 g/mol. The van der Waals surface area contributed by atoms with Crippen molar-refractivity contribution in [1.29, 1.82) is 0 Å². The molecule has 2 aliphatic rings. The molecule has 28 heavy (non-hydrogen) atoms. The van der Waals surface area contributed by atoms with Crippen LogP contribution in [0, 0.1) is 6.92 Å². The number of hydrogen-bond donors (Lipinski definition) is 1. The quantitative estimate of drug-likeness (QED) is 0.741.